The lowest BCUT2D eigenvalue weighted by atomic mass is 9.90. The Bertz CT molecular complexity index is 1510. The van der Waals surface area contributed by atoms with Crippen LogP contribution in [0.5, 0.6) is 0 Å². The monoisotopic (exact) mass is 412 g/mol. The Kier molecular flexibility index (Phi) is 4.40. The maximum absolute atomic E-state index is 2.36. The van der Waals surface area contributed by atoms with Crippen LogP contribution in [-0.2, 0) is 0 Å². The Morgan fingerprint density at radius 2 is 1.03 bits per heavy atom. The molecule has 1 aromatic heterocycles. The number of hydrogen-bond acceptors (Lipinski definition) is 1. The zero-order chi connectivity index (χ0) is 20.6. The van der Waals surface area contributed by atoms with Gasteiger partial charge in [-0.15, -0.1) is 11.3 Å². The molecule has 0 radical (unpaired) electrons. The van der Waals surface area contributed by atoms with E-state index in [9.17, 15) is 0 Å². The van der Waals surface area contributed by atoms with E-state index in [1.54, 1.807) is 0 Å². The fourth-order valence-electron chi connectivity index (χ4n) is 4.45. The fraction of sp³-hybridized carbons (Fsp3) is 0. The van der Waals surface area contributed by atoms with Crippen molar-refractivity contribution in [3.63, 3.8) is 0 Å². The molecular formula is C30H20S. The highest BCUT2D eigenvalue weighted by atomic mass is 32.1. The number of rotatable bonds is 3. The normalized spacial score (nSPS) is 11.2. The van der Waals surface area contributed by atoms with Gasteiger partial charge in [-0.05, 0) is 51.6 Å². The van der Waals surface area contributed by atoms with Gasteiger partial charge in [-0.25, -0.2) is 0 Å². The number of benzene rings is 5. The van der Waals surface area contributed by atoms with Gasteiger partial charge in [0, 0.05) is 20.2 Å². The summed E-state index contributed by atoms with van der Waals surface area (Å²) in [6.45, 7) is 0. The van der Waals surface area contributed by atoms with Crippen LogP contribution in [0.2, 0.25) is 0 Å². The number of hydrogen-bond donors (Lipinski definition) is 0. The Morgan fingerprint density at radius 3 is 1.81 bits per heavy atom. The zero-order valence-electron chi connectivity index (χ0n) is 17.0. The first kappa shape index (κ1) is 18.1. The summed E-state index contributed by atoms with van der Waals surface area (Å²) in [7, 11) is 0. The molecule has 0 nitrogen and oxygen atoms in total. The second kappa shape index (κ2) is 7.54. The Balaban J connectivity index is 1.63. The van der Waals surface area contributed by atoms with Crippen LogP contribution in [0.15, 0.2) is 121 Å². The maximum atomic E-state index is 2.36. The Labute approximate surface area is 186 Å². The van der Waals surface area contributed by atoms with E-state index in [0.29, 0.717) is 0 Å². The highest BCUT2D eigenvalue weighted by Crippen LogP contribution is 2.42. The van der Waals surface area contributed by atoms with Gasteiger partial charge in [0.2, 0.25) is 0 Å². The molecule has 0 saturated heterocycles. The average Bonchev–Trinajstić information content (AvgIpc) is 3.24. The van der Waals surface area contributed by atoms with Crippen molar-refractivity contribution in [3.8, 4) is 33.4 Å². The smallest absolute Gasteiger partial charge is 0.0361 e. The van der Waals surface area contributed by atoms with Crippen molar-refractivity contribution in [3.05, 3.63) is 121 Å². The lowest BCUT2D eigenvalue weighted by Gasteiger charge is -2.14. The van der Waals surface area contributed by atoms with Crippen molar-refractivity contribution < 1.29 is 0 Å². The largest absolute Gasteiger partial charge is 0.135 e. The minimum absolute atomic E-state index is 1.24. The summed E-state index contributed by atoms with van der Waals surface area (Å²) >= 11 is 1.87. The van der Waals surface area contributed by atoms with Crippen molar-refractivity contribution in [1.29, 1.82) is 0 Å². The molecule has 0 aliphatic heterocycles. The standard InChI is InChI=1S/C30H20S/c1-3-10-21(11-4-1)24-19-18-23(20-27(24)22-12-5-2-6-13-22)25-15-9-17-29-30(25)26-14-7-8-16-28(26)31-29/h1-20H. The third kappa shape index (κ3) is 3.15. The van der Waals surface area contributed by atoms with Gasteiger partial charge in [-0.3, -0.25) is 0 Å². The summed E-state index contributed by atoms with van der Waals surface area (Å²) in [5.74, 6) is 0. The summed E-state index contributed by atoms with van der Waals surface area (Å²) in [5, 5.41) is 2.70. The van der Waals surface area contributed by atoms with Crippen molar-refractivity contribution in [2.45, 2.75) is 0 Å². The summed E-state index contributed by atoms with van der Waals surface area (Å²) in [6, 6.07) is 43.7. The molecule has 5 aromatic carbocycles. The second-order valence-corrected chi connectivity index (χ2v) is 8.85. The first-order chi connectivity index (χ1) is 15.4. The molecule has 0 fully saturated rings. The number of thiophene rings is 1. The lowest BCUT2D eigenvalue weighted by Crippen LogP contribution is -1.88. The zero-order valence-corrected chi connectivity index (χ0v) is 17.8. The van der Waals surface area contributed by atoms with E-state index in [2.05, 4.69) is 121 Å². The van der Waals surface area contributed by atoms with Gasteiger partial charge in [0.05, 0.1) is 0 Å². The third-order valence-corrected chi connectivity index (χ3v) is 7.04. The minimum Gasteiger partial charge on any atom is -0.135 e. The third-order valence-electron chi connectivity index (χ3n) is 5.90. The molecule has 0 N–H and O–H groups in total. The van der Waals surface area contributed by atoms with E-state index in [1.165, 1.54) is 53.6 Å². The average molecular weight is 413 g/mol. The predicted molar refractivity (Wildman–Crippen MR) is 136 cm³/mol. The van der Waals surface area contributed by atoms with Crippen molar-refractivity contribution >= 4 is 31.5 Å². The molecule has 1 heterocycles. The SMILES string of the molecule is c1ccc(-c2ccc(-c3cccc4sc5ccccc5c34)cc2-c2ccccc2)cc1. The summed E-state index contributed by atoms with van der Waals surface area (Å²) in [6.07, 6.45) is 0. The maximum Gasteiger partial charge on any atom is 0.0361 e. The molecule has 0 saturated carbocycles. The quantitative estimate of drug-likeness (QED) is 0.272. The summed E-state index contributed by atoms with van der Waals surface area (Å²) in [5.41, 5.74) is 7.57. The van der Waals surface area contributed by atoms with Gasteiger partial charge in [0.1, 0.15) is 0 Å². The topological polar surface area (TPSA) is 0 Å². The highest BCUT2D eigenvalue weighted by molar-refractivity contribution is 7.25. The number of fused-ring (bicyclic) bond motifs is 3. The van der Waals surface area contributed by atoms with E-state index >= 15 is 0 Å². The molecule has 6 rings (SSSR count). The van der Waals surface area contributed by atoms with Crippen LogP contribution >= 0.6 is 11.3 Å². The van der Waals surface area contributed by atoms with Gasteiger partial charge in [-0.2, -0.15) is 0 Å². The molecule has 0 atom stereocenters. The molecule has 0 aliphatic rings. The Morgan fingerprint density at radius 1 is 0.387 bits per heavy atom. The van der Waals surface area contributed by atoms with E-state index in [1.807, 2.05) is 11.3 Å². The van der Waals surface area contributed by atoms with Crippen LogP contribution in [0.1, 0.15) is 0 Å². The molecule has 31 heavy (non-hydrogen) atoms. The highest BCUT2D eigenvalue weighted by Gasteiger charge is 2.14. The van der Waals surface area contributed by atoms with Crippen molar-refractivity contribution in [2.24, 2.45) is 0 Å². The molecule has 0 unspecified atom stereocenters. The first-order valence-corrected chi connectivity index (χ1v) is 11.4. The van der Waals surface area contributed by atoms with Crippen LogP contribution < -0.4 is 0 Å². The minimum atomic E-state index is 1.24. The van der Waals surface area contributed by atoms with E-state index in [4.69, 9.17) is 0 Å². The van der Waals surface area contributed by atoms with Crippen LogP contribution in [-0.4, -0.2) is 0 Å². The summed E-state index contributed by atoms with van der Waals surface area (Å²) < 4.78 is 2.68. The molecule has 0 bridgehead atoms. The molecular weight excluding hydrogens is 392 g/mol. The van der Waals surface area contributed by atoms with Gasteiger partial charge in [0.25, 0.3) is 0 Å². The van der Waals surface area contributed by atoms with Crippen LogP contribution in [0.4, 0.5) is 0 Å². The van der Waals surface area contributed by atoms with Gasteiger partial charge >= 0.3 is 0 Å². The Hall–Kier alpha value is -3.68. The van der Waals surface area contributed by atoms with E-state index in [0.717, 1.165) is 0 Å². The van der Waals surface area contributed by atoms with E-state index in [-0.39, 0.29) is 0 Å². The van der Waals surface area contributed by atoms with Crippen molar-refractivity contribution in [2.75, 3.05) is 0 Å². The van der Waals surface area contributed by atoms with Crippen LogP contribution in [0.3, 0.4) is 0 Å². The van der Waals surface area contributed by atoms with Crippen molar-refractivity contribution in [1.82, 2.24) is 0 Å². The summed E-state index contributed by atoms with van der Waals surface area (Å²) in [4.78, 5) is 0. The van der Waals surface area contributed by atoms with Gasteiger partial charge < -0.3 is 0 Å². The van der Waals surface area contributed by atoms with Gasteiger partial charge in [-0.1, -0.05) is 103 Å². The van der Waals surface area contributed by atoms with E-state index < -0.39 is 0 Å². The van der Waals surface area contributed by atoms with Gasteiger partial charge in [0.15, 0.2) is 0 Å². The van der Waals surface area contributed by atoms with Crippen LogP contribution in [0.25, 0.3) is 53.6 Å². The molecule has 146 valence electrons. The second-order valence-electron chi connectivity index (χ2n) is 7.77. The molecule has 6 aromatic rings. The fourth-order valence-corrected chi connectivity index (χ4v) is 5.59. The molecule has 0 spiro atoms. The molecule has 1 heteroatoms. The lowest BCUT2D eigenvalue weighted by molar-refractivity contribution is 1.57. The predicted octanol–water partition coefficient (Wildman–Crippen LogP) is 9.06. The molecule has 0 aliphatic carbocycles. The first-order valence-electron chi connectivity index (χ1n) is 10.5. The van der Waals surface area contributed by atoms with Crippen LogP contribution in [0, 0.1) is 0 Å². The molecule has 0 amide bonds.